The van der Waals surface area contributed by atoms with E-state index in [0.717, 1.165) is 23.5 Å². The normalized spacial score (nSPS) is 11.3. The fourth-order valence-electron chi connectivity index (χ4n) is 3.38. The molecule has 1 amide bonds. The molecule has 0 aliphatic heterocycles. The van der Waals surface area contributed by atoms with Crippen molar-refractivity contribution in [1.82, 2.24) is 9.78 Å². The zero-order chi connectivity index (χ0) is 24.5. The molecule has 10 heteroatoms. The molecule has 0 aliphatic carbocycles. The molecule has 0 atom stereocenters. The van der Waals surface area contributed by atoms with Crippen molar-refractivity contribution in [2.45, 2.75) is 18.7 Å². The number of benzene rings is 3. The summed E-state index contributed by atoms with van der Waals surface area (Å²) in [6.45, 7) is 3.80. The van der Waals surface area contributed by atoms with Crippen molar-refractivity contribution in [3.05, 3.63) is 101 Å². The highest BCUT2D eigenvalue weighted by molar-refractivity contribution is 7.92. The number of hydrogen-bond donors (Lipinski definition) is 2. The predicted octanol–water partition coefficient (Wildman–Crippen LogP) is 4.82. The summed E-state index contributed by atoms with van der Waals surface area (Å²) in [5, 5.41) is 7.31. The quantitative estimate of drug-likeness (QED) is 0.412. The summed E-state index contributed by atoms with van der Waals surface area (Å²) in [5.74, 6) is -2.81. The largest absolute Gasteiger partial charge is 0.320 e. The number of sulfonamides is 1. The predicted molar refractivity (Wildman–Crippen MR) is 125 cm³/mol. The van der Waals surface area contributed by atoms with Gasteiger partial charge in [0, 0.05) is 16.9 Å². The number of halogens is 2. The number of amides is 1. The van der Waals surface area contributed by atoms with E-state index in [1.807, 2.05) is 32.0 Å². The third kappa shape index (κ3) is 4.81. The number of para-hydroxylation sites is 2. The van der Waals surface area contributed by atoms with Gasteiger partial charge in [-0.05, 0) is 74.5 Å². The number of anilines is 2. The van der Waals surface area contributed by atoms with Crippen molar-refractivity contribution in [1.29, 1.82) is 0 Å². The Morgan fingerprint density at radius 1 is 0.912 bits per heavy atom. The SMILES string of the molecule is Cc1cc(C)n(-c2ccccc2NC(=O)c2ccc(NS(=O)(=O)c3ccc(F)c(F)c3)cc2)n1. The molecule has 4 rings (SSSR count). The Morgan fingerprint density at radius 3 is 2.26 bits per heavy atom. The van der Waals surface area contributed by atoms with Crippen molar-refractivity contribution in [2.24, 2.45) is 0 Å². The molecular formula is C24H20F2N4O3S. The molecule has 0 saturated carbocycles. The van der Waals surface area contributed by atoms with E-state index < -0.39 is 32.5 Å². The number of carbonyl (C=O) groups is 1. The third-order valence-electron chi connectivity index (χ3n) is 4.99. The molecule has 1 aromatic heterocycles. The summed E-state index contributed by atoms with van der Waals surface area (Å²) in [7, 11) is -4.14. The minimum Gasteiger partial charge on any atom is -0.320 e. The van der Waals surface area contributed by atoms with E-state index in [1.54, 1.807) is 16.8 Å². The van der Waals surface area contributed by atoms with Gasteiger partial charge in [0.15, 0.2) is 11.6 Å². The highest BCUT2D eigenvalue weighted by Gasteiger charge is 2.17. The topological polar surface area (TPSA) is 93.1 Å². The molecule has 4 aromatic rings. The summed E-state index contributed by atoms with van der Waals surface area (Å²) in [6, 6.07) is 17.2. The lowest BCUT2D eigenvalue weighted by Crippen LogP contribution is -2.15. The van der Waals surface area contributed by atoms with Crippen LogP contribution in [0.25, 0.3) is 5.69 Å². The molecular weight excluding hydrogens is 462 g/mol. The van der Waals surface area contributed by atoms with E-state index >= 15 is 0 Å². The summed E-state index contributed by atoms with van der Waals surface area (Å²) >= 11 is 0. The Labute approximate surface area is 195 Å². The standard InChI is InChI=1S/C24H20F2N4O3S/c1-15-13-16(2)30(28-15)23-6-4-3-5-22(23)27-24(31)17-7-9-18(10-8-17)29-34(32,33)19-11-12-20(25)21(26)14-19/h3-14,29H,1-2H3,(H,27,31). The van der Waals surface area contributed by atoms with Crippen molar-refractivity contribution >= 4 is 27.3 Å². The van der Waals surface area contributed by atoms with Crippen molar-refractivity contribution in [3.63, 3.8) is 0 Å². The molecule has 0 spiro atoms. The number of carbonyl (C=O) groups excluding carboxylic acids is 1. The molecule has 174 valence electrons. The van der Waals surface area contributed by atoms with Crippen LogP contribution >= 0.6 is 0 Å². The van der Waals surface area contributed by atoms with Crippen LogP contribution in [-0.4, -0.2) is 24.1 Å². The molecule has 0 unspecified atom stereocenters. The lowest BCUT2D eigenvalue weighted by Gasteiger charge is -2.13. The van der Waals surface area contributed by atoms with E-state index in [0.29, 0.717) is 23.0 Å². The molecule has 0 bridgehead atoms. The van der Waals surface area contributed by atoms with Gasteiger partial charge in [-0.3, -0.25) is 9.52 Å². The van der Waals surface area contributed by atoms with Crippen LogP contribution in [0.4, 0.5) is 20.2 Å². The van der Waals surface area contributed by atoms with Gasteiger partial charge in [0.1, 0.15) is 0 Å². The van der Waals surface area contributed by atoms with Crippen LogP contribution in [0, 0.1) is 25.5 Å². The van der Waals surface area contributed by atoms with Gasteiger partial charge >= 0.3 is 0 Å². The second kappa shape index (κ2) is 9.06. The maximum atomic E-state index is 13.4. The summed E-state index contributed by atoms with van der Waals surface area (Å²) in [6.07, 6.45) is 0. The number of aromatic nitrogens is 2. The molecule has 2 N–H and O–H groups in total. The summed E-state index contributed by atoms with van der Waals surface area (Å²) in [5.41, 5.74) is 3.47. The van der Waals surface area contributed by atoms with Crippen LogP contribution in [0.1, 0.15) is 21.7 Å². The molecule has 3 aromatic carbocycles. The lowest BCUT2D eigenvalue weighted by atomic mass is 10.2. The number of rotatable bonds is 6. The minimum absolute atomic E-state index is 0.157. The summed E-state index contributed by atoms with van der Waals surface area (Å²) in [4.78, 5) is 12.4. The monoisotopic (exact) mass is 482 g/mol. The van der Waals surface area contributed by atoms with Gasteiger partial charge in [-0.1, -0.05) is 12.1 Å². The zero-order valence-corrected chi connectivity index (χ0v) is 19.0. The van der Waals surface area contributed by atoms with Crippen LogP contribution in [0.15, 0.2) is 77.7 Å². The zero-order valence-electron chi connectivity index (χ0n) is 18.2. The van der Waals surface area contributed by atoms with E-state index in [1.165, 1.54) is 24.3 Å². The van der Waals surface area contributed by atoms with Crippen LogP contribution in [0.3, 0.4) is 0 Å². The van der Waals surface area contributed by atoms with Crippen molar-refractivity contribution in [2.75, 3.05) is 10.0 Å². The third-order valence-corrected chi connectivity index (χ3v) is 6.37. The number of nitrogens with one attached hydrogen (secondary N) is 2. The average Bonchev–Trinajstić information content (AvgIpc) is 3.13. The lowest BCUT2D eigenvalue weighted by molar-refractivity contribution is 0.102. The highest BCUT2D eigenvalue weighted by atomic mass is 32.2. The van der Waals surface area contributed by atoms with Crippen LogP contribution < -0.4 is 10.0 Å². The Bertz CT molecular complexity index is 1480. The van der Waals surface area contributed by atoms with Gasteiger partial charge in [-0.2, -0.15) is 5.10 Å². The average molecular weight is 483 g/mol. The fourth-order valence-corrected chi connectivity index (χ4v) is 4.45. The van der Waals surface area contributed by atoms with Gasteiger partial charge < -0.3 is 5.32 Å². The van der Waals surface area contributed by atoms with Gasteiger partial charge in [0.2, 0.25) is 0 Å². The molecule has 34 heavy (non-hydrogen) atoms. The molecule has 7 nitrogen and oxygen atoms in total. The van der Waals surface area contributed by atoms with Gasteiger partial charge in [-0.15, -0.1) is 0 Å². The van der Waals surface area contributed by atoms with Crippen LogP contribution in [0.5, 0.6) is 0 Å². The van der Waals surface area contributed by atoms with E-state index in [2.05, 4.69) is 15.1 Å². The molecule has 0 aliphatic rings. The first-order chi connectivity index (χ1) is 16.1. The minimum atomic E-state index is -4.14. The molecule has 0 saturated heterocycles. The van der Waals surface area contributed by atoms with Crippen molar-refractivity contribution in [3.8, 4) is 5.69 Å². The Balaban J connectivity index is 1.51. The van der Waals surface area contributed by atoms with Gasteiger partial charge in [0.25, 0.3) is 15.9 Å². The maximum Gasteiger partial charge on any atom is 0.261 e. The first-order valence-electron chi connectivity index (χ1n) is 10.2. The fraction of sp³-hybridized carbons (Fsp3) is 0.0833. The Morgan fingerprint density at radius 2 is 1.62 bits per heavy atom. The molecule has 0 fully saturated rings. The van der Waals surface area contributed by atoms with E-state index in [9.17, 15) is 22.0 Å². The highest BCUT2D eigenvalue weighted by Crippen LogP contribution is 2.23. The maximum absolute atomic E-state index is 13.4. The summed E-state index contributed by atoms with van der Waals surface area (Å²) < 4.78 is 55.4. The second-order valence-electron chi connectivity index (χ2n) is 7.57. The second-order valence-corrected chi connectivity index (χ2v) is 9.25. The number of nitrogens with zero attached hydrogens (tertiary/aromatic N) is 2. The van der Waals surface area contributed by atoms with Gasteiger partial charge in [0.05, 0.1) is 22.0 Å². The molecule has 1 heterocycles. The molecule has 0 radical (unpaired) electrons. The van der Waals surface area contributed by atoms with Crippen molar-refractivity contribution < 1.29 is 22.0 Å². The first kappa shape index (κ1) is 23.1. The van der Waals surface area contributed by atoms with E-state index in [4.69, 9.17) is 0 Å². The Hall–Kier alpha value is -4.05. The first-order valence-corrected chi connectivity index (χ1v) is 11.6. The smallest absolute Gasteiger partial charge is 0.261 e. The van der Waals surface area contributed by atoms with Crippen LogP contribution in [-0.2, 0) is 10.0 Å². The number of aryl methyl sites for hydroxylation is 2. The van der Waals surface area contributed by atoms with E-state index in [-0.39, 0.29) is 5.69 Å². The van der Waals surface area contributed by atoms with Crippen LogP contribution in [0.2, 0.25) is 0 Å². The van der Waals surface area contributed by atoms with Gasteiger partial charge in [-0.25, -0.2) is 21.9 Å². The number of hydrogen-bond acceptors (Lipinski definition) is 4. The Kier molecular flexibility index (Phi) is 6.16.